The first-order valence-corrected chi connectivity index (χ1v) is 6.95. The summed E-state index contributed by atoms with van der Waals surface area (Å²) in [4.78, 5) is 11.4. The van der Waals surface area contributed by atoms with Crippen LogP contribution in [-0.2, 0) is 4.74 Å². The third-order valence-corrected chi connectivity index (χ3v) is 3.42. The van der Waals surface area contributed by atoms with Gasteiger partial charge in [-0.1, -0.05) is 13.8 Å². The Morgan fingerprint density at radius 2 is 2.11 bits per heavy atom. The molecule has 5 heteroatoms. The van der Waals surface area contributed by atoms with E-state index < -0.39 is 0 Å². The maximum Gasteiger partial charge on any atom is 0.225 e. The molecule has 2 rings (SSSR count). The van der Waals surface area contributed by atoms with Gasteiger partial charge in [0, 0.05) is 30.5 Å². The molecule has 0 radical (unpaired) electrons. The van der Waals surface area contributed by atoms with Gasteiger partial charge in [0.15, 0.2) is 0 Å². The summed E-state index contributed by atoms with van der Waals surface area (Å²) in [6, 6.07) is 2.08. The number of morpholine rings is 1. The maximum atomic E-state index is 5.92. The summed E-state index contributed by atoms with van der Waals surface area (Å²) in [7, 11) is 0. The summed E-state index contributed by atoms with van der Waals surface area (Å²) in [5.74, 6) is 1.21. The molecule has 106 valence electrons. The van der Waals surface area contributed by atoms with Gasteiger partial charge in [-0.05, 0) is 25.8 Å². The van der Waals surface area contributed by atoms with Crippen LogP contribution in [0.25, 0.3) is 0 Å². The average Bonchev–Trinajstić information content (AvgIpc) is 2.38. The molecular formula is C14H24N4O. The van der Waals surface area contributed by atoms with Crippen molar-refractivity contribution in [2.75, 3.05) is 24.6 Å². The van der Waals surface area contributed by atoms with Gasteiger partial charge in [-0.15, -0.1) is 0 Å². The quantitative estimate of drug-likeness (QED) is 0.895. The molecule has 0 aromatic carbocycles. The fraction of sp³-hybridized carbons (Fsp3) is 0.714. The number of aromatic nitrogens is 2. The molecule has 1 aromatic rings. The normalized spacial score (nSPS) is 21.8. The van der Waals surface area contributed by atoms with Gasteiger partial charge in [0.1, 0.15) is 0 Å². The summed E-state index contributed by atoms with van der Waals surface area (Å²) in [6.07, 6.45) is 0.0559. The first-order valence-electron chi connectivity index (χ1n) is 6.95. The van der Waals surface area contributed by atoms with E-state index in [2.05, 4.69) is 34.8 Å². The van der Waals surface area contributed by atoms with Gasteiger partial charge >= 0.3 is 0 Å². The first-order chi connectivity index (χ1) is 8.97. The number of nitrogens with two attached hydrogens (primary N) is 1. The Morgan fingerprint density at radius 3 is 2.74 bits per heavy atom. The Kier molecular flexibility index (Phi) is 4.37. The van der Waals surface area contributed by atoms with Gasteiger partial charge in [0.25, 0.3) is 0 Å². The molecule has 2 heterocycles. The van der Waals surface area contributed by atoms with Crippen LogP contribution in [0.15, 0.2) is 6.07 Å². The summed E-state index contributed by atoms with van der Waals surface area (Å²) in [5, 5.41) is 0. The highest BCUT2D eigenvalue weighted by atomic mass is 16.5. The standard InChI is InChI=1S/C14H24N4O/c1-9(2)12-7-10(3)16-14(17-12)18-5-6-19-13(8-18)11(4)15/h7,9,11,13H,5-6,8,15H2,1-4H3. The Bertz CT molecular complexity index is 433. The van der Waals surface area contributed by atoms with Crippen molar-refractivity contribution < 1.29 is 4.74 Å². The zero-order chi connectivity index (χ0) is 14.0. The molecule has 1 aromatic heterocycles. The third-order valence-electron chi connectivity index (χ3n) is 3.42. The number of ether oxygens (including phenoxy) is 1. The van der Waals surface area contributed by atoms with Gasteiger partial charge in [-0.3, -0.25) is 0 Å². The Labute approximate surface area is 115 Å². The van der Waals surface area contributed by atoms with Crippen LogP contribution >= 0.6 is 0 Å². The van der Waals surface area contributed by atoms with Gasteiger partial charge < -0.3 is 15.4 Å². The molecule has 5 nitrogen and oxygen atoms in total. The third kappa shape index (κ3) is 3.42. The highest BCUT2D eigenvalue weighted by molar-refractivity contribution is 5.34. The Balaban J connectivity index is 2.21. The second-order valence-corrected chi connectivity index (χ2v) is 5.60. The lowest BCUT2D eigenvalue weighted by Crippen LogP contribution is -2.50. The summed E-state index contributed by atoms with van der Waals surface area (Å²) in [6.45, 7) is 10.6. The number of hydrogen-bond acceptors (Lipinski definition) is 5. The SMILES string of the molecule is Cc1cc(C(C)C)nc(N2CCOC(C(C)N)C2)n1. The summed E-state index contributed by atoms with van der Waals surface area (Å²) < 4.78 is 5.68. The fourth-order valence-electron chi connectivity index (χ4n) is 2.19. The van der Waals surface area contributed by atoms with Gasteiger partial charge in [-0.25, -0.2) is 9.97 Å². The highest BCUT2D eigenvalue weighted by Crippen LogP contribution is 2.19. The van der Waals surface area contributed by atoms with E-state index in [-0.39, 0.29) is 12.1 Å². The fourth-order valence-corrected chi connectivity index (χ4v) is 2.19. The molecule has 1 aliphatic heterocycles. The van der Waals surface area contributed by atoms with E-state index in [9.17, 15) is 0 Å². The van der Waals surface area contributed by atoms with E-state index in [1.54, 1.807) is 0 Å². The zero-order valence-corrected chi connectivity index (χ0v) is 12.3. The molecule has 2 atom stereocenters. The zero-order valence-electron chi connectivity index (χ0n) is 12.3. The van der Waals surface area contributed by atoms with E-state index in [1.165, 1.54) is 0 Å². The van der Waals surface area contributed by atoms with Crippen molar-refractivity contribution in [1.82, 2.24) is 9.97 Å². The predicted molar refractivity (Wildman–Crippen MR) is 76.5 cm³/mol. The number of anilines is 1. The van der Waals surface area contributed by atoms with Crippen LogP contribution in [0.2, 0.25) is 0 Å². The average molecular weight is 264 g/mol. The van der Waals surface area contributed by atoms with Crippen LogP contribution in [0.1, 0.15) is 38.1 Å². The van der Waals surface area contributed by atoms with Crippen molar-refractivity contribution in [3.8, 4) is 0 Å². The van der Waals surface area contributed by atoms with E-state index in [1.807, 2.05) is 13.8 Å². The number of hydrogen-bond donors (Lipinski definition) is 1. The molecule has 0 bridgehead atoms. The molecule has 2 unspecified atom stereocenters. The van der Waals surface area contributed by atoms with Crippen molar-refractivity contribution in [3.63, 3.8) is 0 Å². The molecular weight excluding hydrogens is 240 g/mol. The van der Waals surface area contributed by atoms with Crippen molar-refractivity contribution in [2.24, 2.45) is 5.73 Å². The van der Waals surface area contributed by atoms with Gasteiger partial charge in [0.05, 0.1) is 12.7 Å². The maximum absolute atomic E-state index is 5.92. The minimum atomic E-state index is 0.0252. The predicted octanol–water partition coefficient (Wildman–Crippen LogP) is 1.46. The van der Waals surface area contributed by atoms with Crippen LogP contribution in [0.4, 0.5) is 5.95 Å². The first kappa shape index (κ1) is 14.2. The Morgan fingerprint density at radius 1 is 1.37 bits per heavy atom. The summed E-state index contributed by atoms with van der Waals surface area (Å²) in [5.41, 5.74) is 8.02. The molecule has 1 aliphatic rings. The van der Waals surface area contributed by atoms with Crippen LogP contribution in [0.5, 0.6) is 0 Å². The highest BCUT2D eigenvalue weighted by Gasteiger charge is 2.25. The lowest BCUT2D eigenvalue weighted by molar-refractivity contribution is 0.0270. The number of rotatable bonds is 3. The van der Waals surface area contributed by atoms with Crippen molar-refractivity contribution in [1.29, 1.82) is 0 Å². The minimum absolute atomic E-state index is 0.0252. The van der Waals surface area contributed by atoms with Gasteiger partial charge in [0.2, 0.25) is 5.95 Å². The topological polar surface area (TPSA) is 64.3 Å². The Hall–Kier alpha value is -1.20. The molecule has 19 heavy (non-hydrogen) atoms. The number of nitrogens with zero attached hydrogens (tertiary/aromatic N) is 3. The number of aryl methyl sites for hydroxylation is 1. The minimum Gasteiger partial charge on any atom is -0.373 e. The van der Waals surface area contributed by atoms with Crippen molar-refractivity contribution >= 4 is 5.95 Å². The monoisotopic (exact) mass is 264 g/mol. The lowest BCUT2D eigenvalue weighted by atomic mass is 10.1. The second kappa shape index (κ2) is 5.84. The van der Waals surface area contributed by atoms with Crippen molar-refractivity contribution in [2.45, 2.75) is 45.8 Å². The van der Waals surface area contributed by atoms with Crippen LogP contribution in [0, 0.1) is 6.92 Å². The van der Waals surface area contributed by atoms with Crippen molar-refractivity contribution in [3.05, 3.63) is 17.5 Å². The largest absolute Gasteiger partial charge is 0.373 e. The van der Waals surface area contributed by atoms with Gasteiger partial charge in [-0.2, -0.15) is 0 Å². The van der Waals surface area contributed by atoms with Crippen LogP contribution in [0.3, 0.4) is 0 Å². The van der Waals surface area contributed by atoms with E-state index in [0.29, 0.717) is 12.5 Å². The van der Waals surface area contributed by atoms with E-state index in [0.717, 1.165) is 30.4 Å². The van der Waals surface area contributed by atoms with E-state index >= 15 is 0 Å². The molecule has 1 saturated heterocycles. The second-order valence-electron chi connectivity index (χ2n) is 5.60. The molecule has 0 aliphatic carbocycles. The molecule has 0 spiro atoms. The van der Waals surface area contributed by atoms with Crippen LogP contribution < -0.4 is 10.6 Å². The molecule has 0 amide bonds. The lowest BCUT2D eigenvalue weighted by Gasteiger charge is -2.35. The smallest absolute Gasteiger partial charge is 0.225 e. The summed E-state index contributed by atoms with van der Waals surface area (Å²) >= 11 is 0. The molecule has 1 fully saturated rings. The van der Waals surface area contributed by atoms with Crippen LogP contribution in [-0.4, -0.2) is 41.8 Å². The molecule has 2 N–H and O–H groups in total. The van der Waals surface area contributed by atoms with E-state index in [4.69, 9.17) is 10.5 Å². The molecule has 0 saturated carbocycles.